The Hall–Kier alpha value is -1.30. The number of ketones is 1. The third-order valence-corrected chi connectivity index (χ3v) is 11.4. The molecule has 0 bridgehead atoms. The smallest absolute Gasteiger partial charge is 0.311 e. The van der Waals surface area contributed by atoms with Crippen molar-refractivity contribution < 1.29 is 63.5 Å². The monoisotopic (exact) mass is 719 g/mol. The maximum Gasteiger partial charge on any atom is 0.311 e. The molecule has 3 saturated heterocycles. The number of aliphatic hydroxyl groups excluding tert-OH is 3. The van der Waals surface area contributed by atoms with Crippen molar-refractivity contribution in [2.45, 2.75) is 179 Å². The molecule has 17 atom stereocenters. The molecule has 0 amide bonds. The van der Waals surface area contributed by atoms with Crippen molar-refractivity contribution in [1.82, 2.24) is 4.90 Å². The summed E-state index contributed by atoms with van der Waals surface area (Å²) in [5.41, 5.74) is -4.52. The minimum atomic E-state index is -1.82. The molecule has 0 aromatic heterocycles. The highest BCUT2D eigenvalue weighted by Gasteiger charge is 2.52. The fourth-order valence-electron chi connectivity index (χ4n) is 8.10. The molecule has 0 radical (unpaired) electrons. The molecular formula is C36H65NO13. The molecule has 14 nitrogen and oxygen atoms in total. The van der Waals surface area contributed by atoms with Crippen molar-refractivity contribution in [3.05, 3.63) is 0 Å². The summed E-state index contributed by atoms with van der Waals surface area (Å²) in [4.78, 5) is 28.6. The van der Waals surface area contributed by atoms with E-state index in [1.807, 2.05) is 11.8 Å². The Balaban J connectivity index is 2.16. The Morgan fingerprint density at radius 3 is 2.12 bits per heavy atom. The first-order valence-corrected chi connectivity index (χ1v) is 18.1. The Labute approximate surface area is 297 Å². The van der Waals surface area contributed by atoms with Crippen LogP contribution in [0.25, 0.3) is 0 Å². The number of rotatable bonds is 6. The second-order valence-electron chi connectivity index (χ2n) is 16.0. The zero-order valence-corrected chi connectivity index (χ0v) is 32.1. The number of carbonyl (C=O) groups excluding carboxylic acids is 2. The fraction of sp³-hybridized carbons (Fsp3) is 0.944. The molecule has 0 aliphatic carbocycles. The molecule has 0 spiro atoms. The summed E-state index contributed by atoms with van der Waals surface area (Å²) >= 11 is 0. The van der Waals surface area contributed by atoms with Crippen LogP contribution in [0.15, 0.2) is 0 Å². The lowest BCUT2D eigenvalue weighted by molar-refractivity contribution is -0.311. The van der Waals surface area contributed by atoms with Gasteiger partial charge >= 0.3 is 5.97 Å². The summed E-state index contributed by atoms with van der Waals surface area (Å²) < 4.78 is 36.6. The zero-order valence-electron chi connectivity index (χ0n) is 32.1. The Morgan fingerprint density at radius 1 is 0.920 bits per heavy atom. The predicted molar refractivity (Wildman–Crippen MR) is 182 cm³/mol. The number of Topliss-reactive ketones (excluding diaryl/α,β-unsaturated/α-hetero) is 1. The van der Waals surface area contributed by atoms with Crippen LogP contribution in [0, 0.1) is 17.8 Å². The van der Waals surface area contributed by atoms with Gasteiger partial charge in [-0.1, -0.05) is 20.8 Å². The van der Waals surface area contributed by atoms with Gasteiger partial charge in [0.15, 0.2) is 24.5 Å². The van der Waals surface area contributed by atoms with E-state index in [0.29, 0.717) is 6.54 Å². The van der Waals surface area contributed by atoms with Crippen LogP contribution in [0.5, 0.6) is 0 Å². The number of hydrogen-bond acceptors (Lipinski definition) is 14. The molecule has 0 aromatic carbocycles. The quantitative estimate of drug-likeness (QED) is 0.248. The Morgan fingerprint density at radius 2 is 1.54 bits per heavy atom. The van der Waals surface area contributed by atoms with E-state index in [1.165, 1.54) is 14.0 Å². The van der Waals surface area contributed by atoms with Gasteiger partial charge in [0.2, 0.25) is 0 Å². The van der Waals surface area contributed by atoms with Crippen molar-refractivity contribution in [1.29, 1.82) is 0 Å². The third-order valence-electron chi connectivity index (χ3n) is 11.4. The minimum absolute atomic E-state index is 0.00332. The van der Waals surface area contributed by atoms with E-state index in [9.17, 15) is 35.1 Å². The molecule has 3 aliphatic rings. The highest BCUT2D eigenvalue weighted by Crippen LogP contribution is 2.39. The summed E-state index contributed by atoms with van der Waals surface area (Å²) in [7, 11) is 3.28. The molecule has 50 heavy (non-hydrogen) atoms. The average molecular weight is 720 g/mol. The van der Waals surface area contributed by atoms with E-state index in [1.54, 1.807) is 62.4 Å². The standard InChI is InChI=1S/C36H65NO13/c1-13-25-36(10,44)29(40)22(6)37(11)17-18(2)15-34(8,43)31(50-33-27(39)24(38)14-19(3)46-33)20(4)28(21(5)32(42)48-25)49-26-16-35(9,45-12)30(41)23(7)47-26/h18-23,25-31,33,39-41,43-44H,13-17H2,1-12H3/t18-,19?,20+,21-,22-,23?,25-,26?,27?,28+,29-,30?,31-,33?,34+,35?,36-/m1/s1. The van der Waals surface area contributed by atoms with Gasteiger partial charge in [-0.25, -0.2) is 0 Å². The normalized spacial score (nSPS) is 49.5. The molecule has 3 aliphatic heterocycles. The molecule has 0 saturated carbocycles. The maximum absolute atomic E-state index is 14.1. The van der Waals surface area contributed by atoms with Crippen LogP contribution < -0.4 is 0 Å². The Kier molecular flexibility index (Phi) is 14.5. The maximum atomic E-state index is 14.1. The molecular weight excluding hydrogens is 654 g/mol. The van der Waals surface area contributed by atoms with E-state index in [4.69, 9.17) is 28.4 Å². The second kappa shape index (κ2) is 16.8. The fourth-order valence-corrected chi connectivity index (χ4v) is 8.10. The number of esters is 1. The number of carbonyl (C=O) groups is 2. The number of hydrogen-bond donors (Lipinski definition) is 5. The van der Waals surface area contributed by atoms with Crippen molar-refractivity contribution in [2.24, 2.45) is 17.8 Å². The number of ether oxygens (including phenoxy) is 6. The molecule has 3 heterocycles. The van der Waals surface area contributed by atoms with Crippen LogP contribution in [0.3, 0.4) is 0 Å². The van der Waals surface area contributed by atoms with Gasteiger partial charge in [-0.2, -0.15) is 0 Å². The van der Waals surface area contributed by atoms with Gasteiger partial charge in [0.1, 0.15) is 23.9 Å². The van der Waals surface area contributed by atoms with E-state index < -0.39 is 108 Å². The highest BCUT2D eigenvalue weighted by molar-refractivity contribution is 5.84. The second-order valence-corrected chi connectivity index (χ2v) is 16.0. The molecule has 3 rings (SSSR count). The largest absolute Gasteiger partial charge is 0.459 e. The first-order valence-electron chi connectivity index (χ1n) is 18.1. The number of cyclic esters (lactones) is 1. The lowest BCUT2D eigenvalue weighted by atomic mass is 9.77. The minimum Gasteiger partial charge on any atom is -0.459 e. The van der Waals surface area contributed by atoms with Crippen LogP contribution in [0.1, 0.15) is 94.9 Å². The van der Waals surface area contributed by atoms with Gasteiger partial charge in [-0.3, -0.25) is 9.59 Å². The van der Waals surface area contributed by atoms with E-state index in [2.05, 4.69) is 0 Å². The van der Waals surface area contributed by atoms with Gasteiger partial charge in [0.25, 0.3) is 0 Å². The van der Waals surface area contributed by atoms with Gasteiger partial charge in [0, 0.05) is 38.5 Å². The van der Waals surface area contributed by atoms with E-state index >= 15 is 0 Å². The van der Waals surface area contributed by atoms with Crippen molar-refractivity contribution >= 4 is 11.8 Å². The molecule has 0 aromatic rings. The number of likely N-dealkylation sites (N-methyl/N-ethyl adjacent to an activating group) is 1. The van der Waals surface area contributed by atoms with Gasteiger partial charge < -0.3 is 58.9 Å². The number of aliphatic hydroxyl groups is 5. The van der Waals surface area contributed by atoms with Gasteiger partial charge in [0.05, 0.1) is 41.5 Å². The summed E-state index contributed by atoms with van der Waals surface area (Å²) in [6, 6.07) is -0.566. The van der Waals surface area contributed by atoms with Gasteiger partial charge in [-0.15, -0.1) is 0 Å². The Bertz CT molecular complexity index is 1140. The number of methoxy groups -OCH3 is 1. The van der Waals surface area contributed by atoms with Crippen LogP contribution >= 0.6 is 0 Å². The lowest BCUT2D eigenvalue weighted by Crippen LogP contribution is -2.59. The first-order chi connectivity index (χ1) is 23.0. The lowest BCUT2D eigenvalue weighted by Gasteiger charge is -2.48. The van der Waals surface area contributed by atoms with Crippen LogP contribution in [0.2, 0.25) is 0 Å². The molecule has 7 unspecified atom stereocenters. The topological polar surface area (TPSA) is 194 Å². The highest BCUT2D eigenvalue weighted by atomic mass is 16.7. The summed E-state index contributed by atoms with van der Waals surface area (Å²) in [6.07, 6.45) is -10.4. The van der Waals surface area contributed by atoms with Crippen LogP contribution in [-0.2, 0) is 38.0 Å². The molecule has 5 N–H and O–H groups in total. The molecule has 3 fully saturated rings. The van der Waals surface area contributed by atoms with Crippen molar-refractivity contribution in [3.8, 4) is 0 Å². The van der Waals surface area contributed by atoms with Crippen LogP contribution in [0.4, 0.5) is 0 Å². The van der Waals surface area contributed by atoms with Crippen LogP contribution in [-0.4, -0.2) is 147 Å². The number of nitrogens with zero attached hydrogens (tertiary/aromatic N) is 1. The van der Waals surface area contributed by atoms with E-state index in [-0.39, 0.29) is 31.6 Å². The summed E-state index contributed by atoms with van der Waals surface area (Å²) in [6.45, 7) is 17.3. The average Bonchev–Trinajstić information content (AvgIpc) is 3.03. The first kappa shape index (κ1) is 43.1. The van der Waals surface area contributed by atoms with Gasteiger partial charge in [-0.05, 0) is 74.3 Å². The van der Waals surface area contributed by atoms with Crippen molar-refractivity contribution in [3.63, 3.8) is 0 Å². The zero-order chi connectivity index (χ0) is 38.1. The predicted octanol–water partition coefficient (Wildman–Crippen LogP) is 1.54. The SMILES string of the molecule is CC[C@H]1OC(=O)[C@H](C)[C@@H](OC2CC(C)(OC)C(O)C(C)O2)[C@H](C)[C@@H](OC2OC(C)CC(=O)C2O)[C@@](C)(O)C[C@@H](C)CN(C)[C@H](C)[C@@H](O)[C@]1(C)O. The third kappa shape index (κ3) is 9.43. The molecule has 292 valence electrons. The van der Waals surface area contributed by atoms with Crippen molar-refractivity contribution in [2.75, 3.05) is 20.7 Å². The summed E-state index contributed by atoms with van der Waals surface area (Å²) in [5.74, 6) is -3.28. The molecule has 14 heteroatoms. The summed E-state index contributed by atoms with van der Waals surface area (Å²) in [5, 5.41) is 57.1. The van der Waals surface area contributed by atoms with E-state index in [0.717, 1.165) is 0 Å².